The molecule has 2 N–H and O–H groups in total. The number of ether oxygens (including phenoxy) is 2. The fourth-order valence-electron chi connectivity index (χ4n) is 2.10. The normalized spacial score (nSPS) is 11.3. The third kappa shape index (κ3) is 6.75. The molecule has 9 heteroatoms. The molecular formula is C19H18Cl2N2O5. The molecule has 1 atom stereocenters. The summed E-state index contributed by atoms with van der Waals surface area (Å²) >= 11 is 11.8. The standard InChI is InChI=1S/C19H18Cl2N2O5/c1-11(28-17-8-3-13(20)9-16(17)21)19(26)27-10-18(25)23-15-6-4-14(5-7-15)22-12(2)24/h3-9,11H,10H2,1-2H3,(H,22,24)(H,23,25)/t11-/m0/s1. The lowest BCUT2D eigenvalue weighted by atomic mass is 10.2. The van der Waals surface area contributed by atoms with E-state index in [1.54, 1.807) is 30.3 Å². The van der Waals surface area contributed by atoms with Crippen molar-refractivity contribution in [2.45, 2.75) is 20.0 Å². The van der Waals surface area contributed by atoms with Crippen LogP contribution in [0.3, 0.4) is 0 Å². The zero-order valence-electron chi connectivity index (χ0n) is 15.1. The second-order valence-corrected chi connectivity index (χ2v) is 6.59. The van der Waals surface area contributed by atoms with E-state index in [-0.39, 0.29) is 16.7 Å². The van der Waals surface area contributed by atoms with Gasteiger partial charge < -0.3 is 20.1 Å². The van der Waals surface area contributed by atoms with Gasteiger partial charge in [-0.15, -0.1) is 0 Å². The van der Waals surface area contributed by atoms with Gasteiger partial charge in [-0.3, -0.25) is 9.59 Å². The number of hydrogen-bond acceptors (Lipinski definition) is 5. The summed E-state index contributed by atoms with van der Waals surface area (Å²) in [5.41, 5.74) is 1.09. The molecule has 148 valence electrons. The lowest BCUT2D eigenvalue weighted by Crippen LogP contribution is -2.29. The van der Waals surface area contributed by atoms with Crippen molar-refractivity contribution in [3.63, 3.8) is 0 Å². The SMILES string of the molecule is CC(=O)Nc1ccc(NC(=O)COC(=O)[C@H](C)Oc2ccc(Cl)cc2Cl)cc1. The highest BCUT2D eigenvalue weighted by Crippen LogP contribution is 2.28. The van der Waals surface area contributed by atoms with Crippen molar-refractivity contribution in [1.82, 2.24) is 0 Å². The van der Waals surface area contributed by atoms with E-state index in [0.29, 0.717) is 16.4 Å². The first-order valence-electron chi connectivity index (χ1n) is 8.20. The maximum absolute atomic E-state index is 12.0. The number of halogens is 2. The average Bonchev–Trinajstić information content (AvgIpc) is 2.63. The lowest BCUT2D eigenvalue weighted by Gasteiger charge is -2.15. The van der Waals surface area contributed by atoms with Gasteiger partial charge in [-0.05, 0) is 49.4 Å². The molecule has 2 rings (SSSR count). The van der Waals surface area contributed by atoms with Gasteiger partial charge in [0.05, 0.1) is 5.02 Å². The number of nitrogens with one attached hydrogen (secondary N) is 2. The fraction of sp³-hybridized carbons (Fsp3) is 0.211. The predicted molar refractivity (Wildman–Crippen MR) is 107 cm³/mol. The van der Waals surface area contributed by atoms with E-state index in [0.717, 1.165) is 0 Å². The zero-order chi connectivity index (χ0) is 20.7. The monoisotopic (exact) mass is 424 g/mol. The highest BCUT2D eigenvalue weighted by atomic mass is 35.5. The van der Waals surface area contributed by atoms with E-state index in [2.05, 4.69) is 10.6 Å². The maximum Gasteiger partial charge on any atom is 0.347 e. The second-order valence-electron chi connectivity index (χ2n) is 5.75. The summed E-state index contributed by atoms with van der Waals surface area (Å²) < 4.78 is 10.4. The Balaban J connectivity index is 1.81. The zero-order valence-corrected chi connectivity index (χ0v) is 16.6. The van der Waals surface area contributed by atoms with Crippen molar-refractivity contribution in [3.05, 3.63) is 52.5 Å². The molecule has 0 spiro atoms. The summed E-state index contributed by atoms with van der Waals surface area (Å²) in [5.74, 6) is -1.15. The summed E-state index contributed by atoms with van der Waals surface area (Å²) in [6, 6.07) is 11.1. The van der Waals surface area contributed by atoms with Crippen LogP contribution >= 0.6 is 23.2 Å². The molecule has 0 aromatic heterocycles. The molecule has 2 aromatic carbocycles. The molecule has 0 aliphatic rings. The summed E-state index contributed by atoms with van der Waals surface area (Å²) in [4.78, 5) is 34.9. The van der Waals surface area contributed by atoms with Gasteiger partial charge >= 0.3 is 5.97 Å². The Morgan fingerprint density at radius 3 is 2.18 bits per heavy atom. The van der Waals surface area contributed by atoms with Crippen molar-refractivity contribution < 1.29 is 23.9 Å². The summed E-state index contributed by atoms with van der Waals surface area (Å²) in [6.07, 6.45) is -0.969. The Bertz CT molecular complexity index is 871. The first-order chi connectivity index (χ1) is 13.2. The number of anilines is 2. The highest BCUT2D eigenvalue weighted by molar-refractivity contribution is 6.35. The predicted octanol–water partition coefficient (Wildman–Crippen LogP) is 3.90. The third-order valence-corrected chi connectivity index (χ3v) is 3.89. The summed E-state index contributed by atoms with van der Waals surface area (Å²) in [5, 5.41) is 5.89. The molecule has 0 heterocycles. The van der Waals surface area contributed by atoms with Crippen molar-refractivity contribution in [1.29, 1.82) is 0 Å². The van der Waals surface area contributed by atoms with Crippen LogP contribution in [0.25, 0.3) is 0 Å². The maximum atomic E-state index is 12.0. The quantitative estimate of drug-likeness (QED) is 0.657. The number of carbonyl (C=O) groups excluding carboxylic acids is 3. The lowest BCUT2D eigenvalue weighted by molar-refractivity contribution is -0.153. The van der Waals surface area contributed by atoms with E-state index in [1.165, 1.54) is 26.0 Å². The molecule has 0 bridgehead atoms. The molecule has 28 heavy (non-hydrogen) atoms. The number of rotatable bonds is 7. The Hall–Kier alpha value is -2.77. The number of amides is 2. The number of carbonyl (C=O) groups is 3. The van der Waals surface area contributed by atoms with Gasteiger partial charge in [0.15, 0.2) is 12.7 Å². The van der Waals surface area contributed by atoms with E-state index < -0.39 is 24.6 Å². The van der Waals surface area contributed by atoms with Gasteiger partial charge in [0, 0.05) is 23.3 Å². The van der Waals surface area contributed by atoms with E-state index in [4.69, 9.17) is 32.7 Å². The molecule has 7 nitrogen and oxygen atoms in total. The molecule has 0 radical (unpaired) electrons. The summed E-state index contributed by atoms with van der Waals surface area (Å²) in [6.45, 7) is 2.40. The second kappa shape index (κ2) is 9.96. The van der Waals surface area contributed by atoms with Gasteiger partial charge in [-0.2, -0.15) is 0 Å². The van der Waals surface area contributed by atoms with Crippen molar-refractivity contribution in [2.75, 3.05) is 17.2 Å². The molecule has 0 saturated heterocycles. The minimum absolute atomic E-state index is 0.195. The van der Waals surface area contributed by atoms with Gasteiger partial charge in [-0.25, -0.2) is 4.79 Å². The largest absolute Gasteiger partial charge is 0.477 e. The molecule has 0 aliphatic heterocycles. The Morgan fingerprint density at radius 1 is 1.00 bits per heavy atom. The molecule has 0 fully saturated rings. The highest BCUT2D eigenvalue weighted by Gasteiger charge is 2.19. The van der Waals surface area contributed by atoms with Gasteiger partial charge in [0.2, 0.25) is 5.91 Å². The van der Waals surface area contributed by atoms with Crippen LogP contribution in [0.4, 0.5) is 11.4 Å². The molecular weight excluding hydrogens is 407 g/mol. The van der Waals surface area contributed by atoms with Crippen LogP contribution in [0.1, 0.15) is 13.8 Å². The average molecular weight is 425 g/mol. The molecule has 0 aliphatic carbocycles. The smallest absolute Gasteiger partial charge is 0.347 e. The van der Waals surface area contributed by atoms with Crippen LogP contribution in [-0.2, 0) is 19.1 Å². The first kappa shape index (κ1) is 21.5. The number of esters is 1. The minimum Gasteiger partial charge on any atom is -0.477 e. The fourth-order valence-corrected chi connectivity index (χ4v) is 2.55. The summed E-state index contributed by atoms with van der Waals surface area (Å²) in [7, 11) is 0. The van der Waals surface area contributed by atoms with Crippen molar-refractivity contribution >= 4 is 52.4 Å². The van der Waals surface area contributed by atoms with Crippen LogP contribution in [0.2, 0.25) is 10.0 Å². The van der Waals surface area contributed by atoms with Crippen LogP contribution in [0.15, 0.2) is 42.5 Å². The Morgan fingerprint density at radius 2 is 1.61 bits per heavy atom. The Labute approximate surface area is 171 Å². The number of hydrogen-bond donors (Lipinski definition) is 2. The van der Waals surface area contributed by atoms with Crippen LogP contribution in [0.5, 0.6) is 5.75 Å². The first-order valence-corrected chi connectivity index (χ1v) is 8.96. The van der Waals surface area contributed by atoms with Gasteiger partial charge in [-0.1, -0.05) is 23.2 Å². The van der Waals surface area contributed by atoms with E-state index >= 15 is 0 Å². The topological polar surface area (TPSA) is 93.7 Å². The molecule has 0 unspecified atom stereocenters. The van der Waals surface area contributed by atoms with Gasteiger partial charge in [0.1, 0.15) is 5.75 Å². The van der Waals surface area contributed by atoms with E-state index in [9.17, 15) is 14.4 Å². The van der Waals surface area contributed by atoms with Crippen LogP contribution in [0, 0.1) is 0 Å². The molecule has 2 aromatic rings. The van der Waals surface area contributed by atoms with Crippen LogP contribution < -0.4 is 15.4 Å². The number of benzene rings is 2. The van der Waals surface area contributed by atoms with Crippen molar-refractivity contribution in [2.24, 2.45) is 0 Å². The molecule has 0 saturated carbocycles. The van der Waals surface area contributed by atoms with Crippen molar-refractivity contribution in [3.8, 4) is 5.75 Å². The third-order valence-electron chi connectivity index (χ3n) is 3.36. The van der Waals surface area contributed by atoms with E-state index in [1.807, 2.05) is 0 Å². The minimum atomic E-state index is -0.969. The van der Waals surface area contributed by atoms with Crippen LogP contribution in [-0.4, -0.2) is 30.5 Å². The van der Waals surface area contributed by atoms with Gasteiger partial charge in [0.25, 0.3) is 5.91 Å². The Kier molecular flexibility index (Phi) is 7.66. The molecule has 2 amide bonds.